The highest BCUT2D eigenvalue weighted by Crippen LogP contribution is 2.40. The quantitative estimate of drug-likeness (QED) is 0.114. The van der Waals surface area contributed by atoms with E-state index in [-0.39, 0.29) is 17.8 Å². The van der Waals surface area contributed by atoms with Gasteiger partial charge in [-0.25, -0.2) is 0 Å². The summed E-state index contributed by atoms with van der Waals surface area (Å²) in [7, 11) is 0. The molecule has 2 aliphatic heterocycles. The van der Waals surface area contributed by atoms with Gasteiger partial charge in [-0.15, -0.1) is 0 Å². The molecule has 2 heterocycles. The van der Waals surface area contributed by atoms with Crippen molar-refractivity contribution in [2.75, 3.05) is 22.9 Å². The molecular formula is C42H54N2O4. The van der Waals surface area contributed by atoms with E-state index in [1.807, 2.05) is 54.6 Å². The number of aliphatic hydroxyl groups is 1. The Morgan fingerprint density at radius 1 is 0.708 bits per heavy atom. The Balaban J connectivity index is 1.16. The molecule has 48 heavy (non-hydrogen) atoms. The lowest BCUT2D eigenvalue weighted by Gasteiger charge is -2.23. The minimum Gasteiger partial charge on any atom is -0.506 e. The molecule has 0 radical (unpaired) electrons. The molecule has 0 saturated heterocycles. The lowest BCUT2D eigenvalue weighted by Crippen LogP contribution is -2.33. The topological polar surface area (TPSA) is 62.2 Å². The highest BCUT2D eigenvalue weighted by atomic mass is 16.5. The van der Waals surface area contributed by atoms with Crippen LogP contribution in [0.15, 0.2) is 108 Å². The summed E-state index contributed by atoms with van der Waals surface area (Å²) >= 11 is 0. The maximum atomic E-state index is 13.0. The Labute approximate surface area is 288 Å². The number of ether oxygens (including phenoxy) is 2. The number of hydrogen-bond acceptors (Lipinski definition) is 6. The number of ketones is 1. The fraction of sp³-hybridized carbons (Fsp3) is 0.452. The van der Waals surface area contributed by atoms with Gasteiger partial charge in [-0.05, 0) is 61.4 Å². The molecule has 1 N–H and O–H groups in total. The minimum atomic E-state index is -0.245. The average Bonchev–Trinajstić information content (AvgIpc) is 3.64. The number of benzene rings is 2. The molecule has 0 fully saturated rings. The molecule has 1 aliphatic carbocycles. The molecule has 1 atom stereocenters. The fourth-order valence-corrected chi connectivity index (χ4v) is 6.62. The van der Waals surface area contributed by atoms with E-state index >= 15 is 0 Å². The van der Waals surface area contributed by atoms with E-state index in [1.54, 1.807) is 18.2 Å². The third-order valence-corrected chi connectivity index (χ3v) is 9.39. The van der Waals surface area contributed by atoms with E-state index in [9.17, 15) is 9.90 Å². The molecule has 1 unspecified atom stereocenters. The van der Waals surface area contributed by atoms with Gasteiger partial charge in [0, 0.05) is 13.1 Å². The zero-order chi connectivity index (χ0) is 33.6. The summed E-state index contributed by atoms with van der Waals surface area (Å²) < 4.78 is 12.4. The summed E-state index contributed by atoms with van der Waals surface area (Å²) in [5, 5.41) is 10.8. The summed E-state index contributed by atoms with van der Waals surface area (Å²) in [6, 6.07) is 16.2. The van der Waals surface area contributed by atoms with Crippen molar-refractivity contribution >= 4 is 17.2 Å². The normalized spacial score (nSPS) is 18.7. The van der Waals surface area contributed by atoms with E-state index in [0.29, 0.717) is 11.1 Å². The number of unbranched alkanes of at least 4 members (excludes halogenated alkanes) is 12. The SMILES string of the molecule is CCCCCCCCCCN1c2ccccc2OC1/C=C/C=C1\C(=O)C(/C=C/C=C2/Oc3ccccc3N2CCCCCCCC)=C1O. The molecule has 6 nitrogen and oxygen atoms in total. The van der Waals surface area contributed by atoms with Crippen LogP contribution in [0.2, 0.25) is 0 Å². The first-order valence-corrected chi connectivity index (χ1v) is 18.4. The van der Waals surface area contributed by atoms with Gasteiger partial charge in [-0.2, -0.15) is 0 Å². The number of carbonyl (C=O) groups is 1. The van der Waals surface area contributed by atoms with Gasteiger partial charge in [0.05, 0.1) is 22.5 Å². The van der Waals surface area contributed by atoms with Gasteiger partial charge < -0.3 is 24.4 Å². The highest BCUT2D eigenvalue weighted by Gasteiger charge is 2.32. The standard InChI is InChI=1S/C42H54N2O4/c1-3-5-7-9-11-12-14-20-32-44-36-26-16-18-28-38(36)48-40(44)30-22-24-34-41(45)33(42(34)46)23-21-29-39-43(31-19-13-10-8-6-4-2)35-25-15-17-27-37(35)47-39/h15-18,21-30,40,45H,3-14,19-20,31-32H2,1-2H3/b23-21+,30-22+,34-24-,39-29+. The summed E-state index contributed by atoms with van der Waals surface area (Å²) in [6.45, 7) is 6.28. The number of rotatable bonds is 20. The van der Waals surface area contributed by atoms with E-state index in [2.05, 4.69) is 35.8 Å². The van der Waals surface area contributed by atoms with E-state index in [4.69, 9.17) is 9.47 Å². The maximum Gasteiger partial charge on any atom is 0.200 e. The van der Waals surface area contributed by atoms with Crippen LogP contribution in [0.1, 0.15) is 104 Å². The molecule has 2 aromatic carbocycles. The number of aliphatic hydroxyl groups excluding tert-OH is 1. The van der Waals surface area contributed by atoms with Gasteiger partial charge in [0.2, 0.25) is 11.7 Å². The maximum absolute atomic E-state index is 13.0. The molecule has 2 aromatic rings. The van der Waals surface area contributed by atoms with Gasteiger partial charge >= 0.3 is 0 Å². The first-order chi connectivity index (χ1) is 23.6. The second kappa shape index (κ2) is 18.4. The molecule has 256 valence electrons. The van der Waals surface area contributed by atoms with E-state index in [0.717, 1.165) is 54.7 Å². The molecule has 0 amide bonds. The Morgan fingerprint density at radius 2 is 1.31 bits per heavy atom. The van der Waals surface area contributed by atoms with Crippen molar-refractivity contribution in [1.82, 2.24) is 0 Å². The van der Waals surface area contributed by atoms with Crippen molar-refractivity contribution in [2.45, 2.75) is 110 Å². The highest BCUT2D eigenvalue weighted by molar-refractivity contribution is 6.20. The second-order valence-corrected chi connectivity index (χ2v) is 13.1. The van der Waals surface area contributed by atoms with Crippen molar-refractivity contribution in [2.24, 2.45) is 0 Å². The van der Waals surface area contributed by atoms with Gasteiger partial charge in [0.15, 0.2) is 12.0 Å². The van der Waals surface area contributed by atoms with Crippen LogP contribution >= 0.6 is 0 Å². The van der Waals surface area contributed by atoms with Crippen molar-refractivity contribution in [1.29, 1.82) is 0 Å². The minimum absolute atomic E-state index is 0.0188. The number of fused-ring (bicyclic) bond motifs is 2. The van der Waals surface area contributed by atoms with Gasteiger partial charge in [-0.1, -0.05) is 127 Å². The number of anilines is 2. The van der Waals surface area contributed by atoms with Crippen molar-refractivity contribution < 1.29 is 19.4 Å². The van der Waals surface area contributed by atoms with Gasteiger partial charge in [0.25, 0.3) is 0 Å². The molecule has 3 aliphatic rings. The number of nitrogens with zero attached hydrogens (tertiary/aromatic N) is 2. The Kier molecular flexibility index (Phi) is 13.4. The van der Waals surface area contributed by atoms with Gasteiger partial charge in [0.1, 0.15) is 11.5 Å². The zero-order valence-corrected chi connectivity index (χ0v) is 29.0. The van der Waals surface area contributed by atoms with E-state index in [1.165, 1.54) is 77.0 Å². The summed E-state index contributed by atoms with van der Waals surface area (Å²) in [5.74, 6) is 2.31. The van der Waals surface area contributed by atoms with Crippen molar-refractivity contribution in [3.63, 3.8) is 0 Å². The van der Waals surface area contributed by atoms with Crippen LogP contribution < -0.4 is 19.3 Å². The molecule has 6 heteroatoms. The Morgan fingerprint density at radius 3 is 2.00 bits per heavy atom. The molecule has 0 spiro atoms. The number of allylic oxidation sites excluding steroid dienone is 7. The van der Waals surface area contributed by atoms with E-state index < -0.39 is 0 Å². The van der Waals surface area contributed by atoms with Crippen LogP contribution in [0, 0.1) is 0 Å². The smallest absolute Gasteiger partial charge is 0.200 e. The lowest BCUT2D eigenvalue weighted by molar-refractivity contribution is -0.113. The predicted molar refractivity (Wildman–Crippen MR) is 198 cm³/mol. The monoisotopic (exact) mass is 650 g/mol. The first-order valence-electron chi connectivity index (χ1n) is 18.4. The molecular weight excluding hydrogens is 596 g/mol. The lowest BCUT2D eigenvalue weighted by atomic mass is 9.87. The van der Waals surface area contributed by atoms with Gasteiger partial charge in [-0.3, -0.25) is 4.79 Å². The number of hydrogen-bond donors (Lipinski definition) is 1. The van der Waals surface area contributed by atoms with Crippen LogP contribution in [-0.4, -0.2) is 30.2 Å². The fourth-order valence-electron chi connectivity index (χ4n) is 6.62. The van der Waals surface area contributed by atoms with Crippen LogP contribution in [0.5, 0.6) is 11.5 Å². The summed E-state index contributed by atoms with van der Waals surface area (Å²) in [5.41, 5.74) is 2.80. The van der Waals surface area contributed by atoms with Crippen LogP contribution in [-0.2, 0) is 4.79 Å². The summed E-state index contributed by atoms with van der Waals surface area (Å²) in [4.78, 5) is 17.5. The molecule has 0 aromatic heterocycles. The Hall–Kier alpha value is -4.19. The molecule has 5 rings (SSSR count). The Bertz CT molecular complexity index is 1520. The summed E-state index contributed by atoms with van der Waals surface area (Å²) in [6.07, 6.45) is 28.1. The second-order valence-electron chi connectivity index (χ2n) is 13.1. The third kappa shape index (κ3) is 9.03. The molecule has 0 saturated carbocycles. The molecule has 0 bridgehead atoms. The van der Waals surface area contributed by atoms with Crippen LogP contribution in [0.3, 0.4) is 0 Å². The first kappa shape index (κ1) is 35.1. The zero-order valence-electron chi connectivity index (χ0n) is 29.0. The van der Waals surface area contributed by atoms with Crippen molar-refractivity contribution in [3.8, 4) is 11.5 Å². The largest absolute Gasteiger partial charge is 0.506 e. The number of carbonyl (C=O) groups excluding carboxylic acids is 1. The predicted octanol–water partition coefficient (Wildman–Crippen LogP) is 10.9. The van der Waals surface area contributed by atoms with Crippen LogP contribution in [0.4, 0.5) is 11.4 Å². The third-order valence-electron chi connectivity index (χ3n) is 9.39. The average molecular weight is 651 g/mol. The number of Topliss-reactive ketones (excluding diaryl/α,β-unsaturated/α-hetero) is 1. The number of para-hydroxylation sites is 4. The van der Waals surface area contributed by atoms with Crippen molar-refractivity contribution in [3.05, 3.63) is 108 Å². The van der Waals surface area contributed by atoms with Crippen LogP contribution in [0.25, 0.3) is 0 Å².